The lowest BCUT2D eigenvalue weighted by atomic mass is 9.94. The van der Waals surface area contributed by atoms with Crippen LogP contribution in [0.2, 0.25) is 0 Å². The predicted molar refractivity (Wildman–Crippen MR) is 140 cm³/mol. The highest BCUT2D eigenvalue weighted by Gasteiger charge is 2.51. The molecule has 1 atom stereocenters. The Morgan fingerprint density at radius 3 is 2.44 bits per heavy atom. The maximum absolute atomic E-state index is 13.4. The minimum absolute atomic E-state index is 0.00330. The van der Waals surface area contributed by atoms with Crippen LogP contribution in [0.4, 0.5) is 5.69 Å². The van der Waals surface area contributed by atoms with Crippen LogP contribution in [0.3, 0.4) is 0 Å². The molecule has 2 N–H and O–H groups in total. The topological polar surface area (TPSA) is 76.7 Å². The third-order valence-corrected chi connectivity index (χ3v) is 7.40. The summed E-state index contributed by atoms with van der Waals surface area (Å²) in [6.07, 6.45) is 2.45. The van der Waals surface area contributed by atoms with Gasteiger partial charge < -0.3 is 20.1 Å². The van der Waals surface area contributed by atoms with Crippen LogP contribution >= 0.6 is 0 Å². The van der Waals surface area contributed by atoms with Gasteiger partial charge in [0.2, 0.25) is 18.6 Å². The van der Waals surface area contributed by atoms with Gasteiger partial charge in [0.05, 0.1) is 5.41 Å². The van der Waals surface area contributed by atoms with E-state index in [0.29, 0.717) is 12.3 Å². The molecule has 1 saturated carbocycles. The van der Waals surface area contributed by atoms with Gasteiger partial charge in [-0.1, -0.05) is 50.2 Å². The van der Waals surface area contributed by atoms with E-state index in [0.717, 1.165) is 58.5 Å². The fourth-order valence-corrected chi connectivity index (χ4v) is 4.58. The second-order valence-electron chi connectivity index (χ2n) is 9.86. The van der Waals surface area contributed by atoms with E-state index in [1.54, 1.807) is 0 Å². The molecular weight excluding hydrogens is 452 g/mol. The molecule has 0 saturated heterocycles. The maximum Gasteiger partial charge on any atom is 0.235 e. The molecule has 0 bridgehead atoms. The Hall–Kier alpha value is -3.80. The van der Waals surface area contributed by atoms with Crippen LogP contribution in [0.15, 0.2) is 60.7 Å². The zero-order chi connectivity index (χ0) is 25.3. The van der Waals surface area contributed by atoms with Crippen molar-refractivity contribution in [2.75, 3.05) is 12.1 Å². The number of anilines is 1. The summed E-state index contributed by atoms with van der Waals surface area (Å²) in [5, 5.41) is 6.15. The summed E-state index contributed by atoms with van der Waals surface area (Å²) in [5.41, 5.74) is 5.53. The highest BCUT2D eigenvalue weighted by molar-refractivity contribution is 6.02. The standard InChI is InChI=1S/C30H32N2O4/c1-4-19(2)28(33)31-17-21-6-8-22(9-7-21)25-16-24(11-5-20(25)3)32-29(34)30(13-14-30)23-10-12-26-27(15-23)36-18-35-26/h5-12,15-16,19H,4,13-14,17-18H2,1-3H3,(H,31,33)(H,32,34). The van der Waals surface area contributed by atoms with E-state index >= 15 is 0 Å². The third kappa shape index (κ3) is 4.68. The van der Waals surface area contributed by atoms with Crippen LogP contribution in [-0.4, -0.2) is 18.6 Å². The zero-order valence-corrected chi connectivity index (χ0v) is 21.0. The van der Waals surface area contributed by atoms with Gasteiger partial charge >= 0.3 is 0 Å². The number of carbonyl (C=O) groups is 2. The van der Waals surface area contributed by atoms with Crippen LogP contribution in [-0.2, 0) is 21.5 Å². The molecule has 3 aromatic carbocycles. The maximum atomic E-state index is 13.4. The Morgan fingerprint density at radius 2 is 1.72 bits per heavy atom. The van der Waals surface area contributed by atoms with Crippen molar-refractivity contribution in [3.63, 3.8) is 0 Å². The molecule has 1 unspecified atom stereocenters. The van der Waals surface area contributed by atoms with E-state index in [2.05, 4.69) is 29.7 Å². The molecule has 36 heavy (non-hydrogen) atoms. The molecule has 5 rings (SSSR count). The number of hydrogen-bond acceptors (Lipinski definition) is 4. The molecule has 2 aliphatic rings. The monoisotopic (exact) mass is 484 g/mol. The molecule has 6 heteroatoms. The second kappa shape index (κ2) is 9.69. The van der Waals surface area contributed by atoms with Crippen LogP contribution in [0.25, 0.3) is 11.1 Å². The smallest absolute Gasteiger partial charge is 0.235 e. The molecule has 1 heterocycles. The van der Waals surface area contributed by atoms with Gasteiger partial charge in [-0.3, -0.25) is 9.59 Å². The Labute approximate surface area is 212 Å². The van der Waals surface area contributed by atoms with Gasteiger partial charge in [0.25, 0.3) is 0 Å². The van der Waals surface area contributed by atoms with Gasteiger partial charge in [-0.05, 0) is 78.3 Å². The molecule has 0 aromatic heterocycles. The summed E-state index contributed by atoms with van der Waals surface area (Å²) in [6.45, 7) is 6.75. The molecule has 0 spiro atoms. The van der Waals surface area contributed by atoms with Gasteiger partial charge in [-0.25, -0.2) is 0 Å². The molecule has 2 amide bonds. The minimum Gasteiger partial charge on any atom is -0.454 e. The number of ether oxygens (including phenoxy) is 2. The molecule has 1 aliphatic carbocycles. The number of nitrogens with one attached hydrogen (secondary N) is 2. The normalized spacial score (nSPS) is 15.8. The van der Waals surface area contributed by atoms with Gasteiger partial charge in [0.1, 0.15) is 0 Å². The summed E-state index contributed by atoms with van der Waals surface area (Å²) in [4.78, 5) is 25.4. The first-order valence-corrected chi connectivity index (χ1v) is 12.6. The Balaban J connectivity index is 1.29. The number of amides is 2. The van der Waals surface area contributed by atoms with Crippen molar-refractivity contribution in [2.45, 2.75) is 52.0 Å². The number of benzene rings is 3. The first-order valence-electron chi connectivity index (χ1n) is 12.6. The highest BCUT2D eigenvalue weighted by Crippen LogP contribution is 2.51. The molecular formula is C30H32N2O4. The van der Waals surface area contributed by atoms with Crippen LogP contribution in [0.5, 0.6) is 11.5 Å². The lowest BCUT2D eigenvalue weighted by Crippen LogP contribution is -2.28. The Morgan fingerprint density at radius 1 is 0.972 bits per heavy atom. The SMILES string of the molecule is CCC(C)C(=O)NCc1ccc(-c2cc(NC(=O)C3(c4ccc5c(c4)OCO5)CC3)ccc2C)cc1. The quantitative estimate of drug-likeness (QED) is 0.429. The van der Waals surface area contributed by atoms with Gasteiger partial charge in [0, 0.05) is 18.2 Å². The molecule has 3 aromatic rings. The van der Waals surface area contributed by atoms with E-state index < -0.39 is 5.41 Å². The van der Waals surface area contributed by atoms with E-state index in [4.69, 9.17) is 9.47 Å². The fraction of sp³-hybridized carbons (Fsp3) is 0.333. The second-order valence-corrected chi connectivity index (χ2v) is 9.86. The van der Waals surface area contributed by atoms with Gasteiger partial charge in [-0.15, -0.1) is 0 Å². The Kier molecular flexibility index (Phi) is 6.44. The average molecular weight is 485 g/mol. The largest absolute Gasteiger partial charge is 0.454 e. The van der Waals surface area contributed by atoms with E-state index in [-0.39, 0.29) is 24.5 Å². The van der Waals surface area contributed by atoms with Crippen LogP contribution < -0.4 is 20.1 Å². The summed E-state index contributed by atoms with van der Waals surface area (Å²) >= 11 is 0. The number of carbonyl (C=O) groups excluding carboxylic acids is 2. The molecule has 0 radical (unpaired) electrons. The molecule has 186 valence electrons. The first kappa shape index (κ1) is 23.9. The van der Waals surface area contributed by atoms with Gasteiger partial charge in [0.15, 0.2) is 11.5 Å². The highest BCUT2D eigenvalue weighted by atomic mass is 16.7. The summed E-state index contributed by atoms with van der Waals surface area (Å²) < 4.78 is 10.9. The molecule has 1 fully saturated rings. The zero-order valence-electron chi connectivity index (χ0n) is 21.0. The van der Waals surface area contributed by atoms with Crippen molar-refractivity contribution in [1.29, 1.82) is 0 Å². The van der Waals surface area contributed by atoms with Gasteiger partial charge in [-0.2, -0.15) is 0 Å². The minimum atomic E-state index is -0.520. The first-order chi connectivity index (χ1) is 17.4. The van der Waals surface area contributed by atoms with E-state index in [1.165, 1.54) is 0 Å². The molecule has 6 nitrogen and oxygen atoms in total. The van der Waals surface area contributed by atoms with E-state index in [9.17, 15) is 9.59 Å². The van der Waals surface area contributed by atoms with Crippen molar-refractivity contribution in [2.24, 2.45) is 5.92 Å². The van der Waals surface area contributed by atoms with E-state index in [1.807, 2.05) is 62.4 Å². The number of aryl methyl sites for hydroxylation is 1. The fourth-order valence-electron chi connectivity index (χ4n) is 4.58. The van der Waals surface area contributed by atoms with Crippen molar-refractivity contribution in [3.8, 4) is 22.6 Å². The Bertz CT molecular complexity index is 1290. The van der Waals surface area contributed by atoms with Crippen LogP contribution in [0.1, 0.15) is 49.8 Å². The summed E-state index contributed by atoms with van der Waals surface area (Å²) in [5.74, 6) is 1.53. The summed E-state index contributed by atoms with van der Waals surface area (Å²) in [7, 11) is 0. The summed E-state index contributed by atoms with van der Waals surface area (Å²) in [6, 6.07) is 20.0. The van der Waals surface area contributed by atoms with Crippen LogP contribution in [0, 0.1) is 12.8 Å². The van der Waals surface area contributed by atoms with Crippen molar-refractivity contribution < 1.29 is 19.1 Å². The number of hydrogen-bond donors (Lipinski definition) is 2. The van der Waals surface area contributed by atoms with Crippen molar-refractivity contribution in [1.82, 2.24) is 5.32 Å². The predicted octanol–water partition coefficient (Wildman–Crippen LogP) is 5.72. The lowest BCUT2D eigenvalue weighted by Gasteiger charge is -2.17. The third-order valence-electron chi connectivity index (χ3n) is 7.40. The molecule has 1 aliphatic heterocycles. The average Bonchev–Trinajstić information content (AvgIpc) is 3.59. The van der Waals surface area contributed by atoms with Crippen molar-refractivity contribution >= 4 is 17.5 Å². The number of fused-ring (bicyclic) bond motifs is 1. The lowest BCUT2D eigenvalue weighted by molar-refractivity contribution is -0.124. The van der Waals surface area contributed by atoms with Crippen molar-refractivity contribution in [3.05, 3.63) is 77.4 Å². The number of rotatable bonds is 8.